The van der Waals surface area contributed by atoms with Crippen molar-refractivity contribution in [2.24, 2.45) is 0 Å². The van der Waals surface area contributed by atoms with Crippen molar-refractivity contribution < 1.29 is 19.4 Å². The average Bonchev–Trinajstić information content (AvgIpc) is 2.65. The number of fused-ring (bicyclic) bond motifs is 1. The minimum absolute atomic E-state index is 0.0743. The summed E-state index contributed by atoms with van der Waals surface area (Å²) in [7, 11) is 0. The van der Waals surface area contributed by atoms with Gasteiger partial charge in [0.15, 0.2) is 0 Å². The molecule has 0 radical (unpaired) electrons. The van der Waals surface area contributed by atoms with E-state index in [1.807, 2.05) is 32.9 Å². The quantitative estimate of drug-likeness (QED) is 0.868. The Bertz CT molecular complexity index is 620. The highest BCUT2D eigenvalue weighted by atomic mass is 16.7. The Morgan fingerprint density at radius 1 is 1.36 bits per heavy atom. The highest BCUT2D eigenvalue weighted by Crippen LogP contribution is 2.29. The van der Waals surface area contributed by atoms with E-state index in [4.69, 9.17) is 9.47 Å². The Kier molecular flexibility index (Phi) is 5.04. The van der Waals surface area contributed by atoms with E-state index in [0.717, 1.165) is 25.9 Å². The lowest BCUT2D eigenvalue weighted by Gasteiger charge is -2.39. The SMILES string of the molecule is CC(C)(O)CN1CCC(OC2(C)CNC(=O)c3ccccc3O2)CC1. The number of nitrogens with one attached hydrogen (secondary N) is 1. The van der Waals surface area contributed by atoms with Gasteiger partial charge in [-0.1, -0.05) is 12.1 Å². The Labute approximate surface area is 149 Å². The van der Waals surface area contributed by atoms with Crippen LogP contribution in [0.5, 0.6) is 5.75 Å². The van der Waals surface area contributed by atoms with Gasteiger partial charge < -0.3 is 24.8 Å². The zero-order chi connectivity index (χ0) is 18.1. The average molecular weight is 348 g/mol. The first-order valence-corrected chi connectivity index (χ1v) is 8.93. The van der Waals surface area contributed by atoms with E-state index in [1.54, 1.807) is 12.1 Å². The Balaban J connectivity index is 1.61. The molecule has 6 heteroatoms. The second kappa shape index (κ2) is 6.94. The summed E-state index contributed by atoms with van der Waals surface area (Å²) < 4.78 is 12.3. The molecular weight excluding hydrogens is 320 g/mol. The smallest absolute Gasteiger partial charge is 0.255 e. The third-order valence-corrected chi connectivity index (χ3v) is 4.59. The molecule has 1 aromatic carbocycles. The summed E-state index contributed by atoms with van der Waals surface area (Å²) in [6.07, 6.45) is 1.83. The maximum Gasteiger partial charge on any atom is 0.255 e. The number of piperidine rings is 1. The summed E-state index contributed by atoms with van der Waals surface area (Å²) in [6, 6.07) is 7.23. The molecule has 0 aliphatic carbocycles. The topological polar surface area (TPSA) is 71.0 Å². The van der Waals surface area contributed by atoms with Crippen LogP contribution in [0.3, 0.4) is 0 Å². The van der Waals surface area contributed by atoms with Gasteiger partial charge >= 0.3 is 0 Å². The first kappa shape index (κ1) is 18.2. The number of likely N-dealkylation sites (tertiary alicyclic amines) is 1. The van der Waals surface area contributed by atoms with Crippen LogP contribution in [0.25, 0.3) is 0 Å². The molecule has 1 fully saturated rings. The standard InChI is InChI=1S/C19H28N2O4/c1-18(2,23)13-21-10-8-14(9-11-21)24-19(3)12-20-17(22)15-6-4-5-7-16(15)25-19/h4-7,14,23H,8-13H2,1-3H3,(H,20,22). The fourth-order valence-electron chi connectivity index (χ4n) is 3.50. The summed E-state index contributed by atoms with van der Waals surface area (Å²) in [4.78, 5) is 14.4. The van der Waals surface area contributed by atoms with Crippen molar-refractivity contribution in [2.75, 3.05) is 26.2 Å². The number of aliphatic hydroxyl groups is 1. The lowest BCUT2D eigenvalue weighted by atomic mass is 10.0. The first-order chi connectivity index (χ1) is 11.7. The van der Waals surface area contributed by atoms with Crippen LogP contribution in [0.2, 0.25) is 0 Å². The third-order valence-electron chi connectivity index (χ3n) is 4.59. The fraction of sp³-hybridized carbons (Fsp3) is 0.632. The maximum absolute atomic E-state index is 12.2. The van der Waals surface area contributed by atoms with E-state index >= 15 is 0 Å². The second-order valence-electron chi connectivity index (χ2n) is 7.82. The fourth-order valence-corrected chi connectivity index (χ4v) is 3.50. The molecule has 2 aliphatic heterocycles. The van der Waals surface area contributed by atoms with Gasteiger partial charge in [-0.2, -0.15) is 0 Å². The van der Waals surface area contributed by atoms with Crippen LogP contribution in [0, 0.1) is 0 Å². The predicted octanol–water partition coefficient (Wildman–Crippen LogP) is 1.78. The number of ether oxygens (including phenoxy) is 2. The number of amides is 1. The van der Waals surface area contributed by atoms with Crippen LogP contribution < -0.4 is 10.1 Å². The Morgan fingerprint density at radius 2 is 2.04 bits per heavy atom. The van der Waals surface area contributed by atoms with E-state index in [0.29, 0.717) is 24.4 Å². The third kappa shape index (κ3) is 4.71. The predicted molar refractivity (Wildman–Crippen MR) is 94.7 cm³/mol. The summed E-state index contributed by atoms with van der Waals surface area (Å²) in [5.41, 5.74) is -0.146. The lowest BCUT2D eigenvalue weighted by Crippen LogP contribution is -2.50. The summed E-state index contributed by atoms with van der Waals surface area (Å²) in [5.74, 6) is -0.465. The van der Waals surface area contributed by atoms with Crippen LogP contribution in [-0.4, -0.2) is 59.6 Å². The first-order valence-electron chi connectivity index (χ1n) is 8.93. The van der Waals surface area contributed by atoms with Crippen LogP contribution in [-0.2, 0) is 4.74 Å². The molecule has 1 aromatic rings. The molecule has 2 aliphatic rings. The van der Waals surface area contributed by atoms with E-state index < -0.39 is 11.4 Å². The van der Waals surface area contributed by atoms with Gasteiger partial charge in [-0.3, -0.25) is 4.79 Å². The monoisotopic (exact) mass is 348 g/mol. The number of β-amino-alcohol motifs (C(OH)–C–C–N with tert-alkyl or cyclic N) is 1. The summed E-state index contributed by atoms with van der Waals surface area (Å²) in [6.45, 7) is 8.27. The molecule has 1 unspecified atom stereocenters. The van der Waals surface area contributed by atoms with E-state index in [2.05, 4.69) is 10.2 Å². The molecule has 1 saturated heterocycles. The van der Waals surface area contributed by atoms with Gasteiger partial charge in [0.2, 0.25) is 5.79 Å². The molecule has 6 nitrogen and oxygen atoms in total. The number of carbonyl (C=O) groups excluding carboxylic acids is 1. The van der Waals surface area contributed by atoms with Gasteiger partial charge in [-0.25, -0.2) is 0 Å². The molecule has 0 bridgehead atoms. The molecule has 0 aromatic heterocycles. The van der Waals surface area contributed by atoms with Gasteiger partial charge in [-0.05, 0) is 38.8 Å². The summed E-state index contributed by atoms with van der Waals surface area (Å²) in [5, 5.41) is 12.8. The summed E-state index contributed by atoms with van der Waals surface area (Å²) >= 11 is 0. The van der Waals surface area contributed by atoms with Gasteiger partial charge in [0.05, 0.1) is 23.8 Å². The van der Waals surface area contributed by atoms with Crippen molar-refractivity contribution in [2.45, 2.75) is 51.1 Å². The van der Waals surface area contributed by atoms with E-state index in [9.17, 15) is 9.90 Å². The number of rotatable bonds is 4. The van der Waals surface area contributed by atoms with Gasteiger partial charge in [0.25, 0.3) is 5.91 Å². The largest absolute Gasteiger partial charge is 0.460 e. The molecule has 25 heavy (non-hydrogen) atoms. The highest BCUT2D eigenvalue weighted by molar-refractivity contribution is 5.97. The lowest BCUT2D eigenvalue weighted by molar-refractivity contribution is -0.203. The molecule has 2 N–H and O–H groups in total. The molecule has 138 valence electrons. The zero-order valence-electron chi connectivity index (χ0n) is 15.2. The number of carbonyl (C=O) groups is 1. The second-order valence-corrected chi connectivity index (χ2v) is 7.82. The minimum Gasteiger partial charge on any atom is -0.460 e. The van der Waals surface area contributed by atoms with Gasteiger partial charge in [0.1, 0.15) is 5.75 Å². The van der Waals surface area contributed by atoms with Crippen molar-refractivity contribution in [1.29, 1.82) is 0 Å². The number of para-hydroxylation sites is 1. The van der Waals surface area contributed by atoms with Crippen molar-refractivity contribution in [3.8, 4) is 5.75 Å². The molecule has 0 spiro atoms. The van der Waals surface area contributed by atoms with Crippen molar-refractivity contribution in [3.05, 3.63) is 29.8 Å². The Hall–Kier alpha value is -1.63. The van der Waals surface area contributed by atoms with Gasteiger partial charge in [0, 0.05) is 26.6 Å². The van der Waals surface area contributed by atoms with Crippen molar-refractivity contribution >= 4 is 5.91 Å². The minimum atomic E-state index is -0.884. The van der Waals surface area contributed by atoms with Crippen LogP contribution in [0.4, 0.5) is 0 Å². The number of nitrogens with zero attached hydrogens (tertiary/aromatic N) is 1. The molecule has 2 heterocycles. The maximum atomic E-state index is 12.2. The van der Waals surface area contributed by atoms with Crippen LogP contribution in [0.15, 0.2) is 24.3 Å². The van der Waals surface area contributed by atoms with Gasteiger partial charge in [-0.15, -0.1) is 0 Å². The van der Waals surface area contributed by atoms with E-state index in [1.165, 1.54) is 0 Å². The molecule has 0 saturated carbocycles. The molecular formula is C19H28N2O4. The number of hydrogen-bond acceptors (Lipinski definition) is 5. The Morgan fingerprint density at radius 3 is 2.72 bits per heavy atom. The highest BCUT2D eigenvalue weighted by Gasteiger charge is 2.37. The van der Waals surface area contributed by atoms with Crippen LogP contribution in [0.1, 0.15) is 44.0 Å². The van der Waals surface area contributed by atoms with Crippen molar-refractivity contribution in [3.63, 3.8) is 0 Å². The number of benzene rings is 1. The van der Waals surface area contributed by atoms with E-state index in [-0.39, 0.29) is 12.0 Å². The zero-order valence-corrected chi connectivity index (χ0v) is 15.2. The molecule has 1 atom stereocenters. The molecule has 1 amide bonds. The van der Waals surface area contributed by atoms with Crippen LogP contribution >= 0.6 is 0 Å². The normalized spacial score (nSPS) is 25.7. The molecule has 3 rings (SSSR count). The number of hydrogen-bond donors (Lipinski definition) is 2. The van der Waals surface area contributed by atoms with Crippen molar-refractivity contribution in [1.82, 2.24) is 10.2 Å².